The summed E-state index contributed by atoms with van der Waals surface area (Å²) in [5.74, 6) is 2.45. The van der Waals surface area contributed by atoms with E-state index in [1.165, 1.54) is 14.2 Å². The van der Waals surface area contributed by atoms with Crippen molar-refractivity contribution >= 4 is 11.9 Å². The monoisotopic (exact) mass is 276 g/mol. The first-order valence-corrected chi connectivity index (χ1v) is 7.62. The van der Waals surface area contributed by atoms with Crippen LogP contribution in [0.15, 0.2) is 0 Å². The minimum Gasteiger partial charge on any atom is -0.469 e. The Morgan fingerprint density at radius 3 is 1.30 bits per heavy atom. The summed E-state index contributed by atoms with van der Waals surface area (Å²) in [4.78, 5) is 24.5. The molecule has 0 heterocycles. The number of carbonyl (C=O) groups excluding carboxylic acids is 2. The van der Waals surface area contributed by atoms with Gasteiger partial charge in [-0.15, -0.1) is 0 Å². The number of esters is 2. The van der Waals surface area contributed by atoms with Crippen molar-refractivity contribution < 1.29 is 19.1 Å². The topological polar surface area (TPSA) is 52.6 Å². The summed E-state index contributed by atoms with van der Waals surface area (Å²) in [5, 5.41) is 0. The predicted octanol–water partition coefficient (Wildman–Crippen LogP) is 1.34. The van der Waals surface area contributed by atoms with E-state index >= 15 is 0 Å². The predicted molar refractivity (Wildman–Crippen MR) is 68.2 cm³/mol. The van der Waals surface area contributed by atoms with Crippen LogP contribution in [0.2, 0.25) is 0 Å². The molecule has 6 aliphatic rings. The van der Waals surface area contributed by atoms with E-state index < -0.39 is 0 Å². The van der Waals surface area contributed by atoms with E-state index in [0.717, 1.165) is 0 Å². The quantitative estimate of drug-likeness (QED) is 0.714. The number of fused-ring (bicyclic) bond motifs is 1. The van der Waals surface area contributed by atoms with Gasteiger partial charge in [0.15, 0.2) is 0 Å². The SMILES string of the molecule is COC(=O)[C@@H]1C2[C@@H]3[C@H]4C([C@@H]5[C@@H]2C3(C)C45C)[C@@H]1C(=O)OC. The van der Waals surface area contributed by atoms with Gasteiger partial charge in [0.2, 0.25) is 0 Å². The number of carbonyl (C=O) groups is 2. The van der Waals surface area contributed by atoms with Gasteiger partial charge in [-0.1, -0.05) is 13.8 Å². The van der Waals surface area contributed by atoms with Crippen molar-refractivity contribution in [1.82, 2.24) is 0 Å². The molecule has 0 amide bonds. The zero-order chi connectivity index (χ0) is 14.2. The second-order valence-electron chi connectivity index (χ2n) is 7.92. The first-order chi connectivity index (χ1) is 9.46. The van der Waals surface area contributed by atoms with Gasteiger partial charge in [0.1, 0.15) is 0 Å². The second-order valence-corrected chi connectivity index (χ2v) is 7.92. The highest BCUT2D eigenvalue weighted by molar-refractivity contribution is 5.85. The average molecular weight is 276 g/mol. The smallest absolute Gasteiger partial charge is 0.309 e. The van der Waals surface area contributed by atoms with Crippen molar-refractivity contribution in [2.75, 3.05) is 14.2 Å². The first kappa shape index (κ1) is 11.6. The van der Waals surface area contributed by atoms with E-state index in [9.17, 15) is 9.59 Å². The van der Waals surface area contributed by atoms with Crippen LogP contribution < -0.4 is 0 Å². The summed E-state index contributed by atoms with van der Waals surface area (Å²) < 4.78 is 10.0. The fourth-order valence-corrected chi connectivity index (χ4v) is 8.20. The molecule has 0 unspecified atom stereocenters. The molecule has 4 nitrogen and oxygen atoms in total. The lowest BCUT2D eigenvalue weighted by molar-refractivity contribution is -0.573. The van der Waals surface area contributed by atoms with Gasteiger partial charge in [-0.25, -0.2) is 0 Å². The summed E-state index contributed by atoms with van der Waals surface area (Å²) in [6.45, 7) is 4.80. The maximum absolute atomic E-state index is 12.2. The maximum Gasteiger partial charge on any atom is 0.309 e. The molecule has 0 spiro atoms. The molecule has 6 fully saturated rings. The Bertz CT molecular complexity index is 497. The third-order valence-corrected chi connectivity index (χ3v) is 8.53. The van der Waals surface area contributed by atoms with E-state index in [1.54, 1.807) is 0 Å². The van der Waals surface area contributed by atoms with Gasteiger partial charge in [-0.2, -0.15) is 0 Å². The first-order valence-electron chi connectivity index (χ1n) is 7.62. The molecule has 6 rings (SSSR count). The Morgan fingerprint density at radius 1 is 0.750 bits per heavy atom. The van der Waals surface area contributed by atoms with E-state index in [0.29, 0.717) is 46.3 Å². The lowest BCUT2D eigenvalue weighted by atomic mass is 9.00. The lowest BCUT2D eigenvalue weighted by Gasteiger charge is -3.03. The molecule has 0 saturated heterocycles. The summed E-state index contributed by atoms with van der Waals surface area (Å²) >= 11 is 0. The van der Waals surface area contributed by atoms with Crippen molar-refractivity contribution in [3.05, 3.63) is 0 Å². The lowest BCUT2D eigenvalue weighted by Crippen LogP contribution is -3.02. The number of hydrogen-bond acceptors (Lipinski definition) is 4. The van der Waals surface area contributed by atoms with Gasteiger partial charge in [-0.05, 0) is 46.3 Å². The molecule has 108 valence electrons. The molecule has 0 aliphatic heterocycles. The van der Waals surface area contributed by atoms with Crippen molar-refractivity contribution in [1.29, 1.82) is 0 Å². The third-order valence-electron chi connectivity index (χ3n) is 8.53. The van der Waals surface area contributed by atoms with Crippen LogP contribution in [0.25, 0.3) is 0 Å². The Hall–Kier alpha value is -1.06. The van der Waals surface area contributed by atoms with E-state index in [-0.39, 0.29) is 23.8 Å². The highest BCUT2D eigenvalue weighted by atomic mass is 16.5. The molecule has 6 saturated carbocycles. The Labute approximate surface area is 118 Å². The summed E-state index contributed by atoms with van der Waals surface area (Å²) in [6, 6.07) is 0. The number of hydrogen-bond donors (Lipinski definition) is 0. The molecule has 6 atom stereocenters. The van der Waals surface area contributed by atoms with Crippen LogP contribution >= 0.6 is 0 Å². The molecular formula is C16H20O4. The molecule has 6 aliphatic carbocycles. The van der Waals surface area contributed by atoms with Gasteiger partial charge in [-0.3, -0.25) is 9.59 Å². The molecule has 0 radical (unpaired) electrons. The van der Waals surface area contributed by atoms with Gasteiger partial charge >= 0.3 is 11.9 Å². The number of ether oxygens (including phenoxy) is 2. The van der Waals surface area contributed by atoms with Crippen LogP contribution in [0.3, 0.4) is 0 Å². The Balaban J connectivity index is 1.59. The molecule has 2 bridgehead atoms. The minimum absolute atomic E-state index is 0.199. The summed E-state index contributed by atoms with van der Waals surface area (Å²) in [6.07, 6.45) is 0. The van der Waals surface area contributed by atoms with Crippen LogP contribution in [0.5, 0.6) is 0 Å². The number of methoxy groups -OCH3 is 2. The fraction of sp³-hybridized carbons (Fsp3) is 0.875. The molecule has 0 aromatic rings. The van der Waals surface area contributed by atoms with E-state index in [1.807, 2.05) is 0 Å². The summed E-state index contributed by atoms with van der Waals surface area (Å²) in [5.41, 5.74) is 0.910. The van der Waals surface area contributed by atoms with Gasteiger partial charge in [0, 0.05) is 0 Å². The van der Waals surface area contributed by atoms with Crippen LogP contribution in [0, 0.1) is 58.2 Å². The molecule has 0 aromatic heterocycles. The molecular weight excluding hydrogens is 256 g/mol. The van der Waals surface area contributed by atoms with E-state index in [2.05, 4.69) is 13.8 Å². The Kier molecular flexibility index (Phi) is 1.62. The minimum atomic E-state index is -0.252. The van der Waals surface area contributed by atoms with Crippen LogP contribution in [-0.2, 0) is 19.1 Å². The van der Waals surface area contributed by atoms with Gasteiger partial charge in [0.05, 0.1) is 26.1 Å². The average Bonchev–Trinajstić information content (AvgIpc) is 2.49. The normalized spacial score (nSPS) is 65.8. The molecule has 4 heteroatoms. The Morgan fingerprint density at radius 2 is 1.05 bits per heavy atom. The summed E-state index contributed by atoms with van der Waals surface area (Å²) in [7, 11) is 2.86. The molecule has 0 aromatic carbocycles. The zero-order valence-electron chi connectivity index (χ0n) is 12.3. The number of rotatable bonds is 2. The maximum atomic E-state index is 12.2. The molecule has 0 N–H and O–H groups in total. The van der Waals surface area contributed by atoms with Crippen LogP contribution in [-0.4, -0.2) is 26.2 Å². The highest BCUT2D eigenvalue weighted by Crippen LogP contribution is 3.03. The largest absolute Gasteiger partial charge is 0.469 e. The van der Waals surface area contributed by atoms with Crippen molar-refractivity contribution in [3.8, 4) is 0 Å². The standard InChI is InChI=1S/C16H20O4/c1-15-9-7-5(13(17)19-3)6(14(18)20-4)8-11(9)16(15,2)12(8)10(7)15/h5-12H,1-4H3/t5-,6+,7?,8?,9-,10-,11-,12-,15?,16?/m1/s1. The molecule has 20 heavy (non-hydrogen) atoms. The van der Waals surface area contributed by atoms with Crippen molar-refractivity contribution in [2.45, 2.75) is 13.8 Å². The van der Waals surface area contributed by atoms with Crippen LogP contribution in [0.1, 0.15) is 13.8 Å². The van der Waals surface area contributed by atoms with Crippen LogP contribution in [0.4, 0.5) is 0 Å². The second kappa shape index (κ2) is 2.79. The van der Waals surface area contributed by atoms with E-state index in [4.69, 9.17) is 9.47 Å². The third kappa shape index (κ3) is 0.674. The van der Waals surface area contributed by atoms with Gasteiger partial charge in [0.25, 0.3) is 0 Å². The zero-order valence-corrected chi connectivity index (χ0v) is 12.3. The van der Waals surface area contributed by atoms with Crippen molar-refractivity contribution in [3.63, 3.8) is 0 Å². The highest BCUT2D eigenvalue weighted by Gasteiger charge is 3.01. The van der Waals surface area contributed by atoms with Crippen molar-refractivity contribution in [2.24, 2.45) is 58.2 Å². The fourth-order valence-electron chi connectivity index (χ4n) is 8.20. The van der Waals surface area contributed by atoms with Gasteiger partial charge < -0.3 is 9.47 Å².